The summed E-state index contributed by atoms with van der Waals surface area (Å²) in [6, 6.07) is 5.50. The van der Waals surface area contributed by atoms with E-state index in [0.717, 1.165) is 17.1 Å². The van der Waals surface area contributed by atoms with Crippen LogP contribution in [-0.2, 0) is 6.42 Å². The van der Waals surface area contributed by atoms with Crippen LogP contribution in [0, 0.1) is 12.3 Å². The summed E-state index contributed by atoms with van der Waals surface area (Å²) in [7, 11) is 0. The molecule has 0 radical (unpaired) electrons. The molecule has 80 valence electrons. The zero-order valence-corrected chi connectivity index (χ0v) is 8.92. The maximum Gasteiger partial charge on any atom is 0.231 e. The van der Waals surface area contributed by atoms with Crippen molar-refractivity contribution >= 4 is 12.4 Å². The highest BCUT2D eigenvalue weighted by molar-refractivity contribution is 5.85. The van der Waals surface area contributed by atoms with Crippen LogP contribution in [0.5, 0.6) is 11.5 Å². The number of fused-ring (bicyclic) bond motifs is 1. The van der Waals surface area contributed by atoms with Crippen LogP contribution < -0.4 is 15.2 Å². The molecule has 0 aromatic heterocycles. The van der Waals surface area contributed by atoms with Gasteiger partial charge >= 0.3 is 0 Å². The van der Waals surface area contributed by atoms with Crippen molar-refractivity contribution in [3.05, 3.63) is 23.8 Å². The van der Waals surface area contributed by atoms with Crippen molar-refractivity contribution in [3.8, 4) is 23.8 Å². The molecule has 15 heavy (non-hydrogen) atoms. The van der Waals surface area contributed by atoms with Crippen LogP contribution >= 0.6 is 12.4 Å². The first-order chi connectivity index (χ1) is 6.79. The second-order valence-electron chi connectivity index (χ2n) is 3.16. The lowest BCUT2D eigenvalue weighted by Gasteiger charge is -2.05. The average Bonchev–Trinajstić information content (AvgIpc) is 2.64. The number of halogens is 1. The zero-order chi connectivity index (χ0) is 9.97. The molecule has 1 aromatic rings. The van der Waals surface area contributed by atoms with E-state index in [4.69, 9.17) is 21.6 Å². The minimum atomic E-state index is -0.240. The summed E-state index contributed by atoms with van der Waals surface area (Å²) in [6.07, 6.45) is 5.86. The third-order valence-electron chi connectivity index (χ3n) is 2.11. The van der Waals surface area contributed by atoms with Crippen LogP contribution in [0.2, 0.25) is 0 Å². The minimum Gasteiger partial charge on any atom is -0.454 e. The smallest absolute Gasteiger partial charge is 0.231 e. The van der Waals surface area contributed by atoms with Gasteiger partial charge in [-0.15, -0.1) is 18.8 Å². The second kappa shape index (κ2) is 4.92. The van der Waals surface area contributed by atoms with Gasteiger partial charge in [0.2, 0.25) is 6.79 Å². The Labute approximate surface area is 95.0 Å². The van der Waals surface area contributed by atoms with Crippen LogP contribution in [0.1, 0.15) is 5.56 Å². The molecule has 0 fully saturated rings. The first-order valence-corrected chi connectivity index (χ1v) is 4.40. The molecule has 1 atom stereocenters. The highest BCUT2D eigenvalue weighted by atomic mass is 35.5. The Balaban J connectivity index is 0.00000112. The van der Waals surface area contributed by atoms with Crippen molar-refractivity contribution in [3.63, 3.8) is 0 Å². The van der Waals surface area contributed by atoms with Crippen LogP contribution in [-0.4, -0.2) is 12.8 Å². The van der Waals surface area contributed by atoms with Gasteiger partial charge in [-0.05, 0) is 24.1 Å². The molecule has 1 aliphatic rings. The molecule has 1 heterocycles. The molecule has 3 nitrogen and oxygen atoms in total. The van der Waals surface area contributed by atoms with Gasteiger partial charge < -0.3 is 15.2 Å². The maximum absolute atomic E-state index is 5.64. The summed E-state index contributed by atoms with van der Waals surface area (Å²) in [6.45, 7) is 0.292. The van der Waals surface area contributed by atoms with E-state index in [-0.39, 0.29) is 18.4 Å². The molecular formula is C11H12ClNO2. The van der Waals surface area contributed by atoms with Crippen LogP contribution in [0.25, 0.3) is 0 Å². The molecule has 0 spiro atoms. The van der Waals surface area contributed by atoms with E-state index in [9.17, 15) is 0 Å². The fraction of sp³-hybridized carbons (Fsp3) is 0.273. The zero-order valence-electron chi connectivity index (χ0n) is 8.10. The highest BCUT2D eigenvalue weighted by Crippen LogP contribution is 2.32. The predicted octanol–water partition coefficient (Wildman–Crippen LogP) is 1.34. The van der Waals surface area contributed by atoms with Crippen molar-refractivity contribution in [1.29, 1.82) is 0 Å². The summed E-state index contributed by atoms with van der Waals surface area (Å²) in [5.41, 5.74) is 6.71. The van der Waals surface area contributed by atoms with Gasteiger partial charge in [-0.3, -0.25) is 0 Å². The Morgan fingerprint density at radius 3 is 2.87 bits per heavy atom. The van der Waals surface area contributed by atoms with Gasteiger partial charge in [0.15, 0.2) is 11.5 Å². The van der Waals surface area contributed by atoms with E-state index in [1.165, 1.54) is 0 Å². The molecule has 2 rings (SSSR count). The molecular weight excluding hydrogens is 214 g/mol. The molecule has 0 saturated carbocycles. The number of terminal acetylenes is 1. The highest BCUT2D eigenvalue weighted by Gasteiger charge is 2.13. The van der Waals surface area contributed by atoms with Crippen molar-refractivity contribution in [2.24, 2.45) is 5.73 Å². The first kappa shape index (κ1) is 11.7. The number of hydrogen-bond acceptors (Lipinski definition) is 3. The van der Waals surface area contributed by atoms with Gasteiger partial charge in [0.1, 0.15) is 0 Å². The monoisotopic (exact) mass is 225 g/mol. The summed E-state index contributed by atoms with van der Waals surface area (Å²) in [5, 5.41) is 0. The molecule has 0 saturated heterocycles. The fourth-order valence-electron chi connectivity index (χ4n) is 1.38. The Morgan fingerprint density at radius 2 is 2.13 bits per heavy atom. The maximum atomic E-state index is 5.64. The van der Waals surface area contributed by atoms with Gasteiger partial charge in [-0.1, -0.05) is 12.0 Å². The lowest BCUT2D eigenvalue weighted by atomic mass is 10.1. The molecule has 4 heteroatoms. The summed E-state index contributed by atoms with van der Waals surface area (Å²) in [4.78, 5) is 0. The number of nitrogens with two attached hydrogens (primary N) is 1. The van der Waals surface area contributed by atoms with Gasteiger partial charge in [0.25, 0.3) is 0 Å². The minimum absolute atomic E-state index is 0. The third-order valence-corrected chi connectivity index (χ3v) is 2.11. The van der Waals surface area contributed by atoms with E-state index in [2.05, 4.69) is 5.92 Å². The lowest BCUT2D eigenvalue weighted by molar-refractivity contribution is 0.174. The van der Waals surface area contributed by atoms with Crippen LogP contribution in [0.3, 0.4) is 0 Å². The second-order valence-corrected chi connectivity index (χ2v) is 3.16. The number of ether oxygens (including phenoxy) is 2. The van der Waals surface area contributed by atoms with Crippen molar-refractivity contribution in [2.75, 3.05) is 6.79 Å². The van der Waals surface area contributed by atoms with Crippen molar-refractivity contribution < 1.29 is 9.47 Å². The molecule has 2 N–H and O–H groups in total. The quantitative estimate of drug-likeness (QED) is 0.773. The van der Waals surface area contributed by atoms with Crippen molar-refractivity contribution in [2.45, 2.75) is 12.5 Å². The van der Waals surface area contributed by atoms with Crippen LogP contribution in [0.4, 0.5) is 0 Å². The van der Waals surface area contributed by atoms with Crippen molar-refractivity contribution in [1.82, 2.24) is 0 Å². The third kappa shape index (κ3) is 2.56. The normalized spacial score (nSPS) is 13.9. The molecule has 1 aliphatic heterocycles. The largest absolute Gasteiger partial charge is 0.454 e. The molecule has 0 amide bonds. The average molecular weight is 226 g/mol. The number of hydrogen-bond donors (Lipinski definition) is 1. The predicted molar refractivity (Wildman–Crippen MR) is 60.3 cm³/mol. The fourth-order valence-corrected chi connectivity index (χ4v) is 1.38. The topological polar surface area (TPSA) is 44.5 Å². The Morgan fingerprint density at radius 1 is 1.40 bits per heavy atom. The SMILES string of the molecule is C#CC(N)Cc1ccc2c(c1)OCO2.Cl. The van der Waals surface area contributed by atoms with Gasteiger partial charge in [-0.25, -0.2) is 0 Å². The number of rotatable bonds is 2. The summed E-state index contributed by atoms with van der Waals surface area (Å²) in [5.74, 6) is 4.04. The Hall–Kier alpha value is -1.37. The Kier molecular flexibility index (Phi) is 3.84. The van der Waals surface area contributed by atoms with E-state index >= 15 is 0 Å². The van der Waals surface area contributed by atoms with Gasteiger partial charge in [0, 0.05) is 0 Å². The van der Waals surface area contributed by atoms with E-state index in [1.807, 2.05) is 18.2 Å². The standard InChI is InChI=1S/C11H11NO2.ClH/c1-2-9(12)5-8-3-4-10-11(6-8)14-7-13-10;/h1,3-4,6,9H,5,7,12H2;1H. The summed E-state index contributed by atoms with van der Waals surface area (Å²) < 4.78 is 10.4. The Bertz CT molecular complexity index is 387. The molecule has 0 bridgehead atoms. The van der Waals surface area contributed by atoms with E-state index in [1.54, 1.807) is 0 Å². The van der Waals surface area contributed by atoms with Gasteiger partial charge in [-0.2, -0.15) is 0 Å². The number of benzene rings is 1. The lowest BCUT2D eigenvalue weighted by Crippen LogP contribution is -2.19. The summed E-state index contributed by atoms with van der Waals surface area (Å²) >= 11 is 0. The molecule has 1 unspecified atom stereocenters. The van der Waals surface area contributed by atoms with E-state index in [0.29, 0.717) is 13.2 Å². The van der Waals surface area contributed by atoms with E-state index < -0.39 is 0 Å². The van der Waals surface area contributed by atoms with Gasteiger partial charge in [0.05, 0.1) is 6.04 Å². The molecule has 1 aromatic carbocycles. The molecule has 0 aliphatic carbocycles. The first-order valence-electron chi connectivity index (χ1n) is 4.40. The van der Waals surface area contributed by atoms with Crippen LogP contribution in [0.15, 0.2) is 18.2 Å².